The summed E-state index contributed by atoms with van der Waals surface area (Å²) in [7, 11) is 0. The van der Waals surface area contributed by atoms with Gasteiger partial charge < -0.3 is 0 Å². The van der Waals surface area contributed by atoms with Crippen LogP contribution in [0.5, 0.6) is 0 Å². The van der Waals surface area contributed by atoms with Crippen molar-refractivity contribution >= 4 is 0 Å². The van der Waals surface area contributed by atoms with Crippen LogP contribution in [0.3, 0.4) is 0 Å². The third-order valence-corrected chi connectivity index (χ3v) is 2.86. The SMILES string of the molecule is CCN1CCC[C@@H]1c1ccncc1. The normalized spacial score (nSPS) is 23.6. The maximum absolute atomic E-state index is 4.05. The van der Waals surface area contributed by atoms with Crippen LogP contribution in [0.4, 0.5) is 0 Å². The van der Waals surface area contributed by atoms with Gasteiger partial charge in [-0.25, -0.2) is 0 Å². The molecule has 1 fully saturated rings. The van der Waals surface area contributed by atoms with Crippen molar-refractivity contribution in [1.29, 1.82) is 0 Å². The second-order valence-electron chi connectivity index (χ2n) is 3.57. The first-order valence-corrected chi connectivity index (χ1v) is 5.06. The third-order valence-electron chi connectivity index (χ3n) is 2.86. The van der Waals surface area contributed by atoms with Crippen LogP contribution >= 0.6 is 0 Å². The number of nitrogens with zero attached hydrogens (tertiary/aromatic N) is 2. The van der Waals surface area contributed by atoms with Crippen LogP contribution in [0.25, 0.3) is 0 Å². The molecule has 0 saturated carbocycles. The minimum atomic E-state index is 0.646. The molecule has 2 nitrogen and oxygen atoms in total. The molecule has 0 bridgehead atoms. The van der Waals surface area contributed by atoms with Crippen LogP contribution in [-0.4, -0.2) is 23.0 Å². The molecule has 0 amide bonds. The van der Waals surface area contributed by atoms with E-state index in [0.717, 1.165) is 6.54 Å². The molecule has 1 aromatic heterocycles. The molecule has 1 aromatic rings. The topological polar surface area (TPSA) is 16.1 Å². The molecule has 0 aromatic carbocycles. The monoisotopic (exact) mass is 176 g/mol. The predicted octanol–water partition coefficient (Wildman–Crippen LogP) is 2.24. The van der Waals surface area contributed by atoms with Crippen molar-refractivity contribution in [1.82, 2.24) is 9.88 Å². The summed E-state index contributed by atoms with van der Waals surface area (Å²) in [5.74, 6) is 0. The van der Waals surface area contributed by atoms with E-state index < -0.39 is 0 Å². The lowest BCUT2D eigenvalue weighted by Gasteiger charge is -2.22. The Balaban J connectivity index is 2.16. The maximum atomic E-state index is 4.05. The smallest absolute Gasteiger partial charge is 0.0349 e. The number of likely N-dealkylation sites (tertiary alicyclic amines) is 1. The molecule has 0 aliphatic carbocycles. The van der Waals surface area contributed by atoms with Crippen LogP contribution in [0.2, 0.25) is 0 Å². The summed E-state index contributed by atoms with van der Waals surface area (Å²) in [6, 6.07) is 4.92. The highest BCUT2D eigenvalue weighted by atomic mass is 15.2. The zero-order chi connectivity index (χ0) is 9.10. The molecule has 2 heteroatoms. The minimum Gasteiger partial charge on any atom is -0.297 e. The number of pyridine rings is 1. The van der Waals surface area contributed by atoms with E-state index in [1.807, 2.05) is 12.4 Å². The summed E-state index contributed by atoms with van der Waals surface area (Å²) >= 11 is 0. The molecule has 1 atom stereocenters. The largest absolute Gasteiger partial charge is 0.297 e. The highest BCUT2D eigenvalue weighted by Crippen LogP contribution is 2.30. The van der Waals surface area contributed by atoms with Gasteiger partial charge >= 0.3 is 0 Å². The van der Waals surface area contributed by atoms with Crippen molar-refractivity contribution in [2.24, 2.45) is 0 Å². The summed E-state index contributed by atoms with van der Waals surface area (Å²) in [4.78, 5) is 6.59. The van der Waals surface area contributed by atoms with Crippen LogP contribution in [0.15, 0.2) is 24.5 Å². The lowest BCUT2D eigenvalue weighted by Crippen LogP contribution is -2.22. The summed E-state index contributed by atoms with van der Waals surface area (Å²) < 4.78 is 0. The minimum absolute atomic E-state index is 0.646. The molecule has 1 aliphatic rings. The lowest BCUT2D eigenvalue weighted by molar-refractivity contribution is 0.271. The van der Waals surface area contributed by atoms with E-state index in [0.29, 0.717) is 6.04 Å². The Kier molecular flexibility index (Phi) is 2.60. The van der Waals surface area contributed by atoms with Gasteiger partial charge in [0.25, 0.3) is 0 Å². The fourth-order valence-corrected chi connectivity index (χ4v) is 2.17. The van der Waals surface area contributed by atoms with E-state index in [-0.39, 0.29) is 0 Å². The van der Waals surface area contributed by atoms with E-state index in [1.54, 1.807) is 0 Å². The zero-order valence-corrected chi connectivity index (χ0v) is 8.11. The summed E-state index contributed by atoms with van der Waals surface area (Å²) in [6.07, 6.45) is 6.42. The van der Waals surface area contributed by atoms with Crippen LogP contribution in [-0.2, 0) is 0 Å². The first-order valence-electron chi connectivity index (χ1n) is 5.06. The van der Waals surface area contributed by atoms with Gasteiger partial charge in [0.1, 0.15) is 0 Å². The molecule has 0 unspecified atom stereocenters. The van der Waals surface area contributed by atoms with E-state index in [2.05, 4.69) is 28.9 Å². The molecule has 0 spiro atoms. The van der Waals surface area contributed by atoms with Gasteiger partial charge in [-0.1, -0.05) is 6.92 Å². The van der Waals surface area contributed by atoms with Crippen LogP contribution in [0, 0.1) is 0 Å². The highest BCUT2D eigenvalue weighted by molar-refractivity contribution is 5.16. The summed E-state index contributed by atoms with van der Waals surface area (Å²) in [5.41, 5.74) is 1.43. The van der Waals surface area contributed by atoms with Crippen molar-refractivity contribution in [3.63, 3.8) is 0 Å². The maximum Gasteiger partial charge on any atom is 0.0349 e. The summed E-state index contributed by atoms with van der Waals surface area (Å²) in [5, 5.41) is 0. The second-order valence-corrected chi connectivity index (χ2v) is 3.57. The average molecular weight is 176 g/mol. The molecule has 1 aliphatic heterocycles. The highest BCUT2D eigenvalue weighted by Gasteiger charge is 2.23. The number of hydrogen-bond donors (Lipinski definition) is 0. The van der Waals surface area contributed by atoms with Gasteiger partial charge in [0.15, 0.2) is 0 Å². The number of hydrogen-bond acceptors (Lipinski definition) is 2. The Morgan fingerprint density at radius 1 is 1.46 bits per heavy atom. The van der Waals surface area contributed by atoms with Gasteiger partial charge in [-0.05, 0) is 43.6 Å². The zero-order valence-electron chi connectivity index (χ0n) is 8.11. The van der Waals surface area contributed by atoms with Gasteiger partial charge in [0.05, 0.1) is 0 Å². The molecule has 70 valence electrons. The van der Waals surface area contributed by atoms with E-state index in [4.69, 9.17) is 0 Å². The van der Waals surface area contributed by atoms with Crippen molar-refractivity contribution < 1.29 is 0 Å². The standard InChI is InChI=1S/C11H16N2/c1-2-13-9-3-4-11(13)10-5-7-12-8-6-10/h5-8,11H,2-4,9H2,1H3/t11-/m1/s1. The van der Waals surface area contributed by atoms with E-state index >= 15 is 0 Å². The Hall–Kier alpha value is -0.890. The van der Waals surface area contributed by atoms with Crippen molar-refractivity contribution in [3.8, 4) is 0 Å². The third kappa shape index (κ3) is 1.73. The molecule has 2 rings (SSSR count). The first-order chi connectivity index (χ1) is 6.42. The molecule has 13 heavy (non-hydrogen) atoms. The van der Waals surface area contributed by atoms with Gasteiger partial charge in [-0.15, -0.1) is 0 Å². The van der Waals surface area contributed by atoms with E-state index in [1.165, 1.54) is 24.9 Å². The molecule has 0 N–H and O–H groups in total. The molecule has 1 saturated heterocycles. The molecule has 2 heterocycles. The molecular formula is C11H16N2. The summed E-state index contributed by atoms with van der Waals surface area (Å²) in [6.45, 7) is 4.65. The lowest BCUT2D eigenvalue weighted by atomic mass is 10.1. The molecular weight excluding hydrogens is 160 g/mol. The van der Waals surface area contributed by atoms with Gasteiger partial charge in [0.2, 0.25) is 0 Å². The quantitative estimate of drug-likeness (QED) is 0.687. The Morgan fingerprint density at radius 3 is 2.92 bits per heavy atom. The first kappa shape index (κ1) is 8.70. The predicted molar refractivity (Wildman–Crippen MR) is 53.5 cm³/mol. The second kappa shape index (κ2) is 3.88. The van der Waals surface area contributed by atoms with Crippen molar-refractivity contribution in [2.45, 2.75) is 25.8 Å². The fourth-order valence-electron chi connectivity index (χ4n) is 2.17. The average Bonchev–Trinajstić information content (AvgIpc) is 2.67. The van der Waals surface area contributed by atoms with Crippen molar-refractivity contribution in [3.05, 3.63) is 30.1 Å². The van der Waals surface area contributed by atoms with Gasteiger partial charge in [-0.2, -0.15) is 0 Å². The Labute approximate surface area is 79.6 Å². The molecule has 0 radical (unpaired) electrons. The number of rotatable bonds is 2. The van der Waals surface area contributed by atoms with Crippen molar-refractivity contribution in [2.75, 3.05) is 13.1 Å². The van der Waals surface area contributed by atoms with Gasteiger partial charge in [0, 0.05) is 18.4 Å². The van der Waals surface area contributed by atoms with Crippen LogP contribution < -0.4 is 0 Å². The van der Waals surface area contributed by atoms with Crippen LogP contribution in [0.1, 0.15) is 31.4 Å². The Bertz CT molecular complexity index is 258. The van der Waals surface area contributed by atoms with E-state index in [9.17, 15) is 0 Å². The van der Waals surface area contributed by atoms with Gasteiger partial charge in [-0.3, -0.25) is 9.88 Å². The Morgan fingerprint density at radius 2 is 2.23 bits per heavy atom. The fraction of sp³-hybridized carbons (Fsp3) is 0.545. The number of aromatic nitrogens is 1.